The Labute approximate surface area is 163 Å². The Morgan fingerprint density at radius 1 is 1.11 bits per heavy atom. The van der Waals surface area contributed by atoms with Crippen molar-refractivity contribution in [2.45, 2.75) is 27.2 Å². The molecular weight excluding hydrogens is 358 g/mol. The van der Waals surface area contributed by atoms with Gasteiger partial charge >= 0.3 is 0 Å². The molecule has 148 valence electrons. The van der Waals surface area contributed by atoms with E-state index in [1.807, 2.05) is 45.0 Å². The van der Waals surface area contributed by atoms with E-state index in [0.717, 1.165) is 11.3 Å². The van der Waals surface area contributed by atoms with Crippen LogP contribution in [0.15, 0.2) is 36.4 Å². The monoisotopic (exact) mass is 383 g/mol. The van der Waals surface area contributed by atoms with Crippen LogP contribution in [-0.2, 0) is 4.79 Å². The maximum absolute atomic E-state index is 11.8. The molecule has 0 fully saturated rings. The molecule has 1 N–H and O–H groups in total. The normalized spacial score (nSPS) is 11.4. The SMILES string of the molecule is COc1ccc(-c2nnc3ccc(OCCNC(=O)CC(C)(C)C)nn23)cc1. The highest BCUT2D eigenvalue weighted by atomic mass is 16.5. The summed E-state index contributed by atoms with van der Waals surface area (Å²) < 4.78 is 12.5. The summed E-state index contributed by atoms with van der Waals surface area (Å²) in [6, 6.07) is 11.0. The van der Waals surface area contributed by atoms with Gasteiger partial charge in [-0.2, -0.15) is 4.52 Å². The van der Waals surface area contributed by atoms with Crippen molar-refractivity contribution in [3.8, 4) is 23.0 Å². The Kier molecular flexibility index (Phi) is 5.77. The summed E-state index contributed by atoms with van der Waals surface area (Å²) in [4.78, 5) is 11.8. The number of rotatable bonds is 7. The van der Waals surface area contributed by atoms with E-state index in [-0.39, 0.29) is 11.3 Å². The first-order chi connectivity index (χ1) is 13.4. The molecule has 0 aliphatic rings. The minimum atomic E-state index is -0.0379. The quantitative estimate of drug-likeness (QED) is 0.631. The molecule has 1 aromatic carbocycles. The molecular formula is C20H25N5O3. The third-order valence-electron chi connectivity index (χ3n) is 3.95. The van der Waals surface area contributed by atoms with Crippen LogP contribution in [0.2, 0.25) is 0 Å². The van der Waals surface area contributed by atoms with Crippen LogP contribution in [0, 0.1) is 5.41 Å². The van der Waals surface area contributed by atoms with Crippen molar-refractivity contribution in [3.63, 3.8) is 0 Å². The highest BCUT2D eigenvalue weighted by molar-refractivity contribution is 5.76. The van der Waals surface area contributed by atoms with E-state index in [0.29, 0.717) is 36.9 Å². The first-order valence-electron chi connectivity index (χ1n) is 9.12. The van der Waals surface area contributed by atoms with E-state index in [1.165, 1.54) is 0 Å². The van der Waals surface area contributed by atoms with Gasteiger partial charge in [0, 0.05) is 18.1 Å². The van der Waals surface area contributed by atoms with Crippen LogP contribution in [0.25, 0.3) is 17.0 Å². The second-order valence-electron chi connectivity index (χ2n) is 7.63. The van der Waals surface area contributed by atoms with E-state index in [9.17, 15) is 4.79 Å². The molecule has 0 aliphatic heterocycles. The second kappa shape index (κ2) is 8.24. The molecule has 0 aliphatic carbocycles. The molecule has 3 rings (SSSR count). The number of amides is 1. The predicted octanol–water partition coefficient (Wildman–Crippen LogP) is 2.73. The molecule has 8 heteroatoms. The first-order valence-corrected chi connectivity index (χ1v) is 9.12. The lowest BCUT2D eigenvalue weighted by Crippen LogP contribution is -2.31. The largest absolute Gasteiger partial charge is 0.497 e. The summed E-state index contributed by atoms with van der Waals surface area (Å²) >= 11 is 0. The van der Waals surface area contributed by atoms with Crippen LogP contribution in [0.3, 0.4) is 0 Å². The van der Waals surface area contributed by atoms with E-state index in [4.69, 9.17) is 9.47 Å². The summed E-state index contributed by atoms with van der Waals surface area (Å²) in [5.41, 5.74) is 1.45. The van der Waals surface area contributed by atoms with Crippen molar-refractivity contribution in [1.82, 2.24) is 25.1 Å². The van der Waals surface area contributed by atoms with Crippen LogP contribution in [-0.4, -0.2) is 46.0 Å². The zero-order valence-electron chi connectivity index (χ0n) is 16.6. The van der Waals surface area contributed by atoms with Gasteiger partial charge in [-0.05, 0) is 35.7 Å². The summed E-state index contributed by atoms with van der Waals surface area (Å²) in [7, 11) is 1.62. The number of nitrogens with one attached hydrogen (secondary N) is 1. The van der Waals surface area contributed by atoms with Crippen molar-refractivity contribution < 1.29 is 14.3 Å². The molecule has 0 unspecified atom stereocenters. The number of carbonyl (C=O) groups is 1. The van der Waals surface area contributed by atoms with Crippen LogP contribution in [0.4, 0.5) is 0 Å². The minimum absolute atomic E-state index is 0.0140. The lowest BCUT2D eigenvalue weighted by atomic mass is 9.92. The van der Waals surface area contributed by atoms with Gasteiger partial charge < -0.3 is 14.8 Å². The number of benzene rings is 1. The topological polar surface area (TPSA) is 90.6 Å². The Bertz CT molecular complexity index is 945. The summed E-state index contributed by atoms with van der Waals surface area (Å²) in [5, 5.41) is 15.7. The molecule has 0 radical (unpaired) electrons. The van der Waals surface area contributed by atoms with Gasteiger partial charge in [0.2, 0.25) is 11.8 Å². The Balaban J connectivity index is 1.64. The molecule has 1 amide bonds. The van der Waals surface area contributed by atoms with Crippen LogP contribution in [0.5, 0.6) is 11.6 Å². The summed E-state index contributed by atoms with van der Waals surface area (Å²) in [6.07, 6.45) is 0.475. The fourth-order valence-corrected chi connectivity index (χ4v) is 2.66. The smallest absolute Gasteiger partial charge is 0.231 e. The van der Waals surface area contributed by atoms with Crippen LogP contribution in [0.1, 0.15) is 27.2 Å². The zero-order chi connectivity index (χ0) is 20.1. The third-order valence-corrected chi connectivity index (χ3v) is 3.95. The average Bonchev–Trinajstić information content (AvgIpc) is 3.07. The van der Waals surface area contributed by atoms with Crippen molar-refractivity contribution in [3.05, 3.63) is 36.4 Å². The summed E-state index contributed by atoms with van der Waals surface area (Å²) in [5.74, 6) is 1.83. The van der Waals surface area contributed by atoms with Gasteiger partial charge in [-0.3, -0.25) is 4.79 Å². The standard InChI is InChI=1S/C20H25N5O3/c1-20(2,3)13-17(26)21-11-12-28-18-10-9-16-22-23-19(25(16)24-18)14-5-7-15(27-4)8-6-14/h5-10H,11-13H2,1-4H3,(H,21,26). The van der Waals surface area contributed by atoms with E-state index in [1.54, 1.807) is 23.8 Å². The fourth-order valence-electron chi connectivity index (χ4n) is 2.66. The molecule has 0 saturated heterocycles. The molecule has 3 aromatic rings. The number of fused-ring (bicyclic) bond motifs is 1. The van der Waals surface area contributed by atoms with Gasteiger partial charge in [0.15, 0.2) is 11.5 Å². The average molecular weight is 383 g/mol. The number of aromatic nitrogens is 4. The minimum Gasteiger partial charge on any atom is -0.497 e. The molecule has 28 heavy (non-hydrogen) atoms. The molecule has 0 saturated carbocycles. The number of hydrogen-bond donors (Lipinski definition) is 1. The lowest BCUT2D eigenvalue weighted by molar-refractivity contribution is -0.122. The molecule has 2 heterocycles. The van der Waals surface area contributed by atoms with E-state index in [2.05, 4.69) is 20.6 Å². The van der Waals surface area contributed by atoms with Crippen molar-refractivity contribution in [2.24, 2.45) is 5.41 Å². The van der Waals surface area contributed by atoms with Gasteiger partial charge in [-0.15, -0.1) is 15.3 Å². The van der Waals surface area contributed by atoms with Gasteiger partial charge in [-0.25, -0.2) is 0 Å². The van der Waals surface area contributed by atoms with Gasteiger partial charge in [0.1, 0.15) is 12.4 Å². The number of ether oxygens (including phenoxy) is 2. The Hall–Kier alpha value is -3.16. The maximum atomic E-state index is 11.8. The highest BCUT2D eigenvalue weighted by Crippen LogP contribution is 2.22. The zero-order valence-corrected chi connectivity index (χ0v) is 16.6. The predicted molar refractivity (Wildman–Crippen MR) is 105 cm³/mol. The van der Waals surface area contributed by atoms with Gasteiger partial charge in [0.05, 0.1) is 13.7 Å². The number of methoxy groups -OCH3 is 1. The van der Waals surface area contributed by atoms with Gasteiger partial charge in [-0.1, -0.05) is 20.8 Å². The van der Waals surface area contributed by atoms with Crippen molar-refractivity contribution in [2.75, 3.05) is 20.3 Å². The van der Waals surface area contributed by atoms with Crippen LogP contribution >= 0.6 is 0 Å². The first kappa shape index (κ1) is 19.6. The molecule has 2 aromatic heterocycles. The number of hydrogen-bond acceptors (Lipinski definition) is 6. The maximum Gasteiger partial charge on any atom is 0.231 e. The Morgan fingerprint density at radius 2 is 1.86 bits per heavy atom. The van der Waals surface area contributed by atoms with E-state index < -0.39 is 0 Å². The lowest BCUT2D eigenvalue weighted by Gasteiger charge is -2.17. The van der Waals surface area contributed by atoms with E-state index >= 15 is 0 Å². The van der Waals surface area contributed by atoms with Crippen molar-refractivity contribution in [1.29, 1.82) is 0 Å². The number of nitrogens with zero attached hydrogens (tertiary/aromatic N) is 4. The Morgan fingerprint density at radius 3 is 2.54 bits per heavy atom. The van der Waals surface area contributed by atoms with Crippen molar-refractivity contribution >= 4 is 11.6 Å². The van der Waals surface area contributed by atoms with Crippen LogP contribution < -0.4 is 14.8 Å². The molecule has 0 bridgehead atoms. The molecule has 8 nitrogen and oxygen atoms in total. The molecule has 0 atom stereocenters. The highest BCUT2D eigenvalue weighted by Gasteiger charge is 2.15. The number of carbonyl (C=O) groups excluding carboxylic acids is 1. The summed E-state index contributed by atoms with van der Waals surface area (Å²) in [6.45, 7) is 6.84. The van der Waals surface area contributed by atoms with Gasteiger partial charge in [0.25, 0.3) is 0 Å². The second-order valence-corrected chi connectivity index (χ2v) is 7.63. The third kappa shape index (κ3) is 4.97. The molecule has 0 spiro atoms. The fraction of sp³-hybridized carbons (Fsp3) is 0.400.